The quantitative estimate of drug-likeness (QED) is 0.256. The molecule has 3 rings (SSSR count). The molecule has 0 aliphatic heterocycles. The molecule has 34 heavy (non-hydrogen) atoms. The lowest BCUT2D eigenvalue weighted by molar-refractivity contribution is -0.143. The van der Waals surface area contributed by atoms with Crippen LogP contribution in [-0.2, 0) is 16.1 Å². The van der Waals surface area contributed by atoms with E-state index >= 15 is 0 Å². The summed E-state index contributed by atoms with van der Waals surface area (Å²) in [7, 11) is 1.30. The van der Waals surface area contributed by atoms with Crippen molar-refractivity contribution in [3.05, 3.63) is 89.8 Å². The van der Waals surface area contributed by atoms with Crippen LogP contribution in [0.2, 0.25) is 0 Å². The molecule has 8 heteroatoms. The van der Waals surface area contributed by atoms with E-state index in [2.05, 4.69) is 10.3 Å². The number of allylic oxidation sites excluding steroid dienone is 1. The van der Waals surface area contributed by atoms with Crippen LogP contribution in [0.15, 0.2) is 67.3 Å². The number of nitrogens with one attached hydrogen (secondary N) is 1. The van der Waals surface area contributed by atoms with Crippen molar-refractivity contribution in [2.45, 2.75) is 31.8 Å². The first-order chi connectivity index (χ1) is 16.5. The van der Waals surface area contributed by atoms with Crippen LogP contribution in [-0.4, -0.2) is 41.1 Å². The van der Waals surface area contributed by atoms with Gasteiger partial charge in [-0.25, -0.2) is 14.2 Å². The zero-order chi connectivity index (χ0) is 24.3. The average molecular weight is 465 g/mol. The normalized spacial score (nSPS) is 12.3. The Labute approximate surface area is 198 Å². The molecule has 0 bridgehead atoms. The Morgan fingerprint density at radius 3 is 2.65 bits per heavy atom. The number of ether oxygens (including phenoxy) is 1. The zero-order valence-electron chi connectivity index (χ0n) is 19.1. The van der Waals surface area contributed by atoms with Crippen molar-refractivity contribution in [2.75, 3.05) is 13.7 Å². The number of carbonyl (C=O) groups excluding carboxylic acids is 2. The largest absolute Gasteiger partial charge is 0.467 e. The van der Waals surface area contributed by atoms with Crippen LogP contribution in [0.1, 0.15) is 40.7 Å². The molecule has 0 radical (unpaired) electrons. The maximum atomic E-state index is 13.5. The molecular formula is C26H29FN4O3. The van der Waals surface area contributed by atoms with E-state index in [1.165, 1.54) is 19.2 Å². The molecule has 7 nitrogen and oxygen atoms in total. The van der Waals surface area contributed by atoms with Gasteiger partial charge in [-0.1, -0.05) is 24.3 Å². The fraction of sp³-hybridized carbons (Fsp3) is 0.269. The molecule has 1 atom stereocenters. The lowest BCUT2D eigenvalue weighted by Crippen LogP contribution is -2.41. The van der Waals surface area contributed by atoms with Gasteiger partial charge in [0.05, 0.1) is 13.4 Å². The van der Waals surface area contributed by atoms with Gasteiger partial charge in [0.2, 0.25) is 0 Å². The smallest absolute Gasteiger partial charge is 0.328 e. The molecule has 0 fully saturated rings. The van der Waals surface area contributed by atoms with Crippen LogP contribution in [0, 0.1) is 5.82 Å². The number of rotatable bonds is 11. The van der Waals surface area contributed by atoms with Crippen molar-refractivity contribution in [2.24, 2.45) is 5.73 Å². The molecule has 0 spiro atoms. The average Bonchev–Trinajstić information content (AvgIpc) is 3.36. The summed E-state index contributed by atoms with van der Waals surface area (Å²) in [6, 6.07) is 12.6. The summed E-state index contributed by atoms with van der Waals surface area (Å²) in [4.78, 5) is 29.1. The molecule has 2 aromatic carbocycles. The molecule has 1 amide bonds. The van der Waals surface area contributed by atoms with E-state index in [4.69, 9.17) is 10.5 Å². The third-order valence-electron chi connectivity index (χ3n) is 5.35. The molecule has 0 aliphatic rings. The van der Waals surface area contributed by atoms with Gasteiger partial charge in [-0.15, -0.1) is 0 Å². The molecule has 3 aromatic rings. The van der Waals surface area contributed by atoms with Crippen LogP contribution in [0.3, 0.4) is 0 Å². The number of amides is 1. The van der Waals surface area contributed by atoms with Gasteiger partial charge < -0.3 is 20.4 Å². The number of hydrogen-bond acceptors (Lipinski definition) is 5. The van der Waals surface area contributed by atoms with Crippen LogP contribution >= 0.6 is 0 Å². The van der Waals surface area contributed by atoms with Crippen molar-refractivity contribution in [3.63, 3.8) is 0 Å². The number of esters is 1. The van der Waals surface area contributed by atoms with E-state index in [1.807, 2.05) is 22.9 Å². The Morgan fingerprint density at radius 1 is 1.18 bits per heavy atom. The Hall–Kier alpha value is -3.78. The van der Waals surface area contributed by atoms with Crippen LogP contribution < -0.4 is 11.1 Å². The Balaban J connectivity index is 1.84. The van der Waals surface area contributed by atoms with E-state index in [0.717, 1.165) is 23.1 Å². The van der Waals surface area contributed by atoms with Crippen molar-refractivity contribution in [1.82, 2.24) is 14.9 Å². The first-order valence-corrected chi connectivity index (χ1v) is 11.1. The fourth-order valence-electron chi connectivity index (χ4n) is 3.56. The molecular weight excluding hydrogens is 435 g/mol. The van der Waals surface area contributed by atoms with Gasteiger partial charge in [-0.05, 0) is 72.8 Å². The van der Waals surface area contributed by atoms with E-state index < -0.39 is 12.0 Å². The van der Waals surface area contributed by atoms with Gasteiger partial charge >= 0.3 is 5.97 Å². The first-order valence-electron chi connectivity index (χ1n) is 11.1. The monoisotopic (exact) mass is 464 g/mol. The molecule has 3 N–H and O–H groups in total. The van der Waals surface area contributed by atoms with Gasteiger partial charge in [-0.2, -0.15) is 0 Å². The van der Waals surface area contributed by atoms with Crippen LogP contribution in [0.4, 0.5) is 4.39 Å². The number of nitrogens with two attached hydrogens (primary N) is 1. The van der Waals surface area contributed by atoms with E-state index in [1.54, 1.807) is 42.9 Å². The van der Waals surface area contributed by atoms with Crippen molar-refractivity contribution >= 4 is 23.5 Å². The number of unbranched alkanes of at least 4 members (excludes halogenated alkanes) is 1. The summed E-state index contributed by atoms with van der Waals surface area (Å²) < 4.78 is 20.2. The highest BCUT2D eigenvalue weighted by Gasteiger charge is 2.21. The number of hydrogen-bond donors (Lipinski definition) is 2. The number of aromatic nitrogens is 2. The predicted molar refractivity (Wildman–Crippen MR) is 129 cm³/mol. The van der Waals surface area contributed by atoms with Crippen molar-refractivity contribution in [3.8, 4) is 0 Å². The number of carbonyl (C=O) groups is 2. The molecule has 0 unspecified atom stereocenters. The summed E-state index contributed by atoms with van der Waals surface area (Å²) in [5, 5.41) is 2.77. The lowest BCUT2D eigenvalue weighted by atomic mass is 10.0. The Bertz CT molecular complexity index is 1110. The zero-order valence-corrected chi connectivity index (χ0v) is 19.1. The Kier molecular flexibility index (Phi) is 9.11. The number of imidazole rings is 1. The summed E-state index contributed by atoms with van der Waals surface area (Å²) in [5.41, 5.74) is 8.52. The number of methoxy groups -OCH3 is 1. The highest BCUT2D eigenvalue weighted by atomic mass is 19.1. The van der Waals surface area contributed by atoms with Crippen LogP contribution in [0.5, 0.6) is 0 Å². The second kappa shape index (κ2) is 12.5. The molecule has 1 heterocycles. The summed E-state index contributed by atoms with van der Waals surface area (Å²) >= 11 is 0. The van der Waals surface area contributed by atoms with Gasteiger partial charge in [0.1, 0.15) is 11.9 Å². The highest BCUT2D eigenvalue weighted by molar-refractivity contribution is 5.97. The minimum Gasteiger partial charge on any atom is -0.467 e. The standard InChI is InChI=1S/C26H29FN4O3/c1-34-26(33)24(7-2-3-12-28)30-25(32)21-6-4-5-19(15-21)16-22(17-31-14-13-29-18-31)20-8-10-23(27)11-9-20/h4-6,8-11,13-16,18,24H,2-3,7,12,17,28H2,1H3,(H,30,32)/t24-/m0/s1. The SMILES string of the molecule is COC(=O)[C@H](CCCCN)NC(=O)c1cccc(C=C(Cn2ccnc2)c2ccc(F)cc2)c1. The van der Waals surface area contributed by atoms with Crippen LogP contribution in [0.25, 0.3) is 11.6 Å². The summed E-state index contributed by atoms with van der Waals surface area (Å²) in [5.74, 6) is -1.16. The fourth-order valence-corrected chi connectivity index (χ4v) is 3.56. The maximum absolute atomic E-state index is 13.5. The number of nitrogens with zero attached hydrogens (tertiary/aromatic N) is 2. The van der Waals surface area contributed by atoms with Crippen molar-refractivity contribution < 1.29 is 18.7 Å². The molecule has 0 saturated heterocycles. The number of halogens is 1. The van der Waals surface area contributed by atoms with Crippen molar-refractivity contribution in [1.29, 1.82) is 0 Å². The van der Waals surface area contributed by atoms with Gasteiger partial charge in [0, 0.05) is 24.5 Å². The molecule has 178 valence electrons. The topological polar surface area (TPSA) is 99.2 Å². The second-order valence-electron chi connectivity index (χ2n) is 7.87. The first kappa shape index (κ1) is 24.9. The third kappa shape index (κ3) is 7.11. The molecule has 0 aliphatic carbocycles. The third-order valence-corrected chi connectivity index (χ3v) is 5.35. The summed E-state index contributed by atoms with van der Waals surface area (Å²) in [6.07, 6.45) is 9.11. The molecule has 1 aromatic heterocycles. The lowest BCUT2D eigenvalue weighted by Gasteiger charge is -2.16. The summed E-state index contributed by atoms with van der Waals surface area (Å²) in [6.45, 7) is 1.04. The predicted octanol–water partition coefficient (Wildman–Crippen LogP) is 3.66. The van der Waals surface area contributed by atoms with E-state index in [-0.39, 0.29) is 11.7 Å². The number of benzene rings is 2. The minimum atomic E-state index is -0.737. The van der Waals surface area contributed by atoms with E-state index in [9.17, 15) is 14.0 Å². The maximum Gasteiger partial charge on any atom is 0.328 e. The Morgan fingerprint density at radius 2 is 1.97 bits per heavy atom. The van der Waals surface area contributed by atoms with Gasteiger partial charge in [0.25, 0.3) is 5.91 Å². The van der Waals surface area contributed by atoms with E-state index in [0.29, 0.717) is 31.5 Å². The highest BCUT2D eigenvalue weighted by Crippen LogP contribution is 2.22. The minimum absolute atomic E-state index is 0.309. The molecule has 0 saturated carbocycles. The van der Waals surface area contributed by atoms with Gasteiger partial charge in [0.15, 0.2) is 0 Å². The van der Waals surface area contributed by atoms with Gasteiger partial charge in [-0.3, -0.25) is 4.79 Å². The second-order valence-corrected chi connectivity index (χ2v) is 7.87.